The van der Waals surface area contributed by atoms with Crippen LogP contribution in [0.15, 0.2) is 66.0 Å². The Balaban J connectivity index is 1.89. The Hall–Kier alpha value is -3.03. The molecule has 3 rings (SSSR count). The van der Waals surface area contributed by atoms with Gasteiger partial charge >= 0.3 is 0 Å². The Bertz CT molecular complexity index is 922. The summed E-state index contributed by atoms with van der Waals surface area (Å²) < 4.78 is 18.9. The lowest BCUT2D eigenvalue weighted by atomic mass is 10.2. The third-order valence-corrected chi connectivity index (χ3v) is 3.67. The summed E-state index contributed by atoms with van der Waals surface area (Å²) in [4.78, 5) is 12.5. The smallest absolute Gasteiger partial charge is 0.230 e. The van der Waals surface area contributed by atoms with Crippen LogP contribution in [-0.4, -0.2) is 21.0 Å². The number of aliphatic imine (C=N–C) groups is 1. The maximum atomic E-state index is 13.2. The zero-order chi connectivity index (χ0) is 18.4. The molecule has 26 heavy (non-hydrogen) atoms. The molecule has 2 aromatic heterocycles. The molecule has 2 heterocycles. The molecular weight excluding hydrogens is 359 g/mol. The number of amidine groups is 1. The van der Waals surface area contributed by atoms with Gasteiger partial charge in [0.1, 0.15) is 11.6 Å². The van der Waals surface area contributed by atoms with Crippen molar-refractivity contribution >= 4 is 17.4 Å². The van der Waals surface area contributed by atoms with Crippen LogP contribution in [0.25, 0.3) is 0 Å². The molecule has 8 heteroatoms. The molecule has 0 saturated heterocycles. The first-order valence-electron chi connectivity index (χ1n) is 7.59. The number of aromatic nitrogens is 2. The van der Waals surface area contributed by atoms with Crippen LogP contribution in [0.5, 0.6) is 11.6 Å². The van der Waals surface area contributed by atoms with Gasteiger partial charge in [-0.2, -0.15) is 0 Å². The van der Waals surface area contributed by atoms with Gasteiger partial charge in [-0.15, -0.1) is 0 Å². The largest absolute Gasteiger partial charge is 0.437 e. The topological polar surface area (TPSA) is 79.6 Å². The second kappa shape index (κ2) is 8.37. The number of ether oxygens (including phenoxy) is 1. The minimum absolute atomic E-state index is 0.104. The summed E-state index contributed by atoms with van der Waals surface area (Å²) in [6.07, 6.45) is 4.86. The molecule has 0 aliphatic rings. The van der Waals surface area contributed by atoms with Gasteiger partial charge in [0.05, 0.1) is 17.1 Å². The zero-order valence-electron chi connectivity index (χ0n) is 13.4. The van der Waals surface area contributed by atoms with Crippen molar-refractivity contribution in [1.82, 2.24) is 15.4 Å². The van der Waals surface area contributed by atoms with E-state index < -0.39 is 5.82 Å². The van der Waals surface area contributed by atoms with Crippen molar-refractivity contribution in [3.8, 4) is 11.6 Å². The number of halogens is 2. The van der Waals surface area contributed by atoms with Crippen LogP contribution in [0, 0.1) is 5.82 Å². The fraction of sp³-hybridized carbons (Fsp3) is 0.0556. The number of rotatable bonds is 5. The number of pyridine rings is 2. The Morgan fingerprint density at radius 2 is 2.08 bits per heavy atom. The third kappa shape index (κ3) is 4.33. The van der Waals surface area contributed by atoms with E-state index in [0.717, 1.165) is 11.6 Å². The fourth-order valence-electron chi connectivity index (χ4n) is 2.16. The van der Waals surface area contributed by atoms with E-state index >= 15 is 0 Å². The van der Waals surface area contributed by atoms with Gasteiger partial charge in [-0.3, -0.25) is 20.7 Å². The molecule has 2 N–H and O–H groups in total. The molecule has 0 atom stereocenters. The van der Waals surface area contributed by atoms with E-state index in [1.54, 1.807) is 30.6 Å². The lowest BCUT2D eigenvalue weighted by Gasteiger charge is -2.12. The highest BCUT2D eigenvalue weighted by Crippen LogP contribution is 2.30. The second-order valence-corrected chi connectivity index (χ2v) is 5.58. The van der Waals surface area contributed by atoms with E-state index in [9.17, 15) is 9.60 Å². The minimum Gasteiger partial charge on any atom is -0.437 e. The SMILES string of the molecule is ONC(=NCc1cccnc1)c1cccnc1Oc1ccc(F)cc1Cl. The van der Waals surface area contributed by atoms with Crippen LogP contribution in [0.4, 0.5) is 4.39 Å². The molecule has 0 fully saturated rings. The summed E-state index contributed by atoms with van der Waals surface area (Å²) in [5.74, 6) is 0.0830. The number of nitrogens with one attached hydrogen (secondary N) is 1. The van der Waals surface area contributed by atoms with Crippen molar-refractivity contribution < 1.29 is 14.3 Å². The summed E-state index contributed by atoms with van der Waals surface area (Å²) in [6, 6.07) is 10.8. The van der Waals surface area contributed by atoms with Gasteiger partial charge in [-0.1, -0.05) is 17.7 Å². The van der Waals surface area contributed by atoms with E-state index in [-0.39, 0.29) is 22.5 Å². The lowest BCUT2D eigenvalue weighted by Crippen LogP contribution is -2.21. The maximum absolute atomic E-state index is 13.2. The quantitative estimate of drug-likeness (QED) is 0.402. The van der Waals surface area contributed by atoms with Gasteiger partial charge in [-0.25, -0.2) is 9.37 Å². The van der Waals surface area contributed by atoms with Crippen molar-refractivity contribution in [2.45, 2.75) is 6.54 Å². The zero-order valence-corrected chi connectivity index (χ0v) is 14.2. The molecule has 0 radical (unpaired) electrons. The molecule has 132 valence electrons. The molecule has 0 unspecified atom stereocenters. The van der Waals surface area contributed by atoms with Gasteiger partial charge < -0.3 is 4.74 Å². The molecule has 0 spiro atoms. The summed E-state index contributed by atoms with van der Waals surface area (Å²) in [6.45, 7) is 0.294. The highest BCUT2D eigenvalue weighted by Gasteiger charge is 2.14. The standard InChI is InChI=1S/C18H14ClFN4O2/c19-15-9-13(20)5-6-16(15)26-18-14(4-2-8-22-18)17(24-25)23-11-12-3-1-7-21-10-12/h1-10,25H,11H2,(H,23,24). The van der Waals surface area contributed by atoms with E-state index in [0.29, 0.717) is 12.1 Å². The minimum atomic E-state index is -0.473. The Morgan fingerprint density at radius 3 is 2.81 bits per heavy atom. The summed E-state index contributed by atoms with van der Waals surface area (Å²) in [5, 5.41) is 9.59. The van der Waals surface area contributed by atoms with Gasteiger partial charge in [-0.05, 0) is 42.0 Å². The summed E-state index contributed by atoms with van der Waals surface area (Å²) >= 11 is 5.99. The number of hydrogen-bond acceptors (Lipinski definition) is 5. The molecule has 1 aromatic carbocycles. The van der Waals surface area contributed by atoms with Crippen LogP contribution in [0.2, 0.25) is 5.02 Å². The maximum Gasteiger partial charge on any atom is 0.230 e. The van der Waals surface area contributed by atoms with E-state index in [1.807, 2.05) is 6.07 Å². The molecular formula is C18H14ClFN4O2. The average molecular weight is 373 g/mol. The molecule has 0 aliphatic carbocycles. The second-order valence-electron chi connectivity index (χ2n) is 5.17. The summed E-state index contributed by atoms with van der Waals surface area (Å²) in [5.41, 5.74) is 3.34. The lowest BCUT2D eigenvalue weighted by molar-refractivity contribution is 0.234. The number of hydrogen-bond donors (Lipinski definition) is 2. The van der Waals surface area contributed by atoms with Crippen LogP contribution in [-0.2, 0) is 6.54 Å². The van der Waals surface area contributed by atoms with Crippen LogP contribution in [0.3, 0.4) is 0 Å². The van der Waals surface area contributed by atoms with Gasteiger partial charge in [0.25, 0.3) is 0 Å². The first kappa shape index (κ1) is 17.8. The van der Waals surface area contributed by atoms with Crippen LogP contribution < -0.4 is 10.2 Å². The average Bonchev–Trinajstić information content (AvgIpc) is 2.66. The first-order chi connectivity index (χ1) is 12.7. The third-order valence-electron chi connectivity index (χ3n) is 3.38. The predicted octanol–water partition coefficient (Wildman–Crippen LogP) is 3.99. The Kier molecular flexibility index (Phi) is 5.73. The molecule has 6 nitrogen and oxygen atoms in total. The number of nitrogens with zero attached hydrogens (tertiary/aromatic N) is 3. The van der Waals surface area contributed by atoms with Gasteiger partial charge in [0.2, 0.25) is 5.88 Å². The highest BCUT2D eigenvalue weighted by molar-refractivity contribution is 6.32. The van der Waals surface area contributed by atoms with Crippen LogP contribution in [0.1, 0.15) is 11.1 Å². The molecule has 0 bridgehead atoms. The van der Waals surface area contributed by atoms with Crippen molar-refractivity contribution in [2.75, 3.05) is 0 Å². The highest BCUT2D eigenvalue weighted by atomic mass is 35.5. The predicted molar refractivity (Wildman–Crippen MR) is 95.1 cm³/mol. The van der Waals surface area contributed by atoms with Crippen molar-refractivity contribution in [2.24, 2.45) is 4.99 Å². The molecule has 3 aromatic rings. The van der Waals surface area contributed by atoms with Crippen LogP contribution >= 0.6 is 11.6 Å². The Labute approximate surface area is 153 Å². The van der Waals surface area contributed by atoms with Gasteiger partial charge in [0, 0.05) is 18.6 Å². The van der Waals surface area contributed by atoms with Crippen molar-refractivity contribution in [1.29, 1.82) is 0 Å². The van der Waals surface area contributed by atoms with Gasteiger partial charge in [0.15, 0.2) is 5.84 Å². The molecule has 0 saturated carbocycles. The normalized spacial score (nSPS) is 11.3. The van der Waals surface area contributed by atoms with E-state index in [1.165, 1.54) is 18.3 Å². The van der Waals surface area contributed by atoms with E-state index in [2.05, 4.69) is 20.4 Å². The van der Waals surface area contributed by atoms with E-state index in [4.69, 9.17) is 16.3 Å². The number of hydroxylamine groups is 1. The van der Waals surface area contributed by atoms with Crippen molar-refractivity contribution in [3.63, 3.8) is 0 Å². The Morgan fingerprint density at radius 1 is 1.23 bits per heavy atom. The molecule has 0 aliphatic heterocycles. The fourth-order valence-corrected chi connectivity index (χ4v) is 2.36. The first-order valence-corrected chi connectivity index (χ1v) is 7.97. The van der Waals surface area contributed by atoms with Crippen molar-refractivity contribution in [3.05, 3.63) is 83.0 Å². The number of benzene rings is 1. The molecule has 0 amide bonds. The monoisotopic (exact) mass is 372 g/mol. The summed E-state index contributed by atoms with van der Waals surface area (Å²) in [7, 11) is 0.